The number of methoxy groups -OCH3 is 1. The van der Waals surface area contributed by atoms with Crippen LogP contribution in [0.1, 0.15) is 196 Å². The van der Waals surface area contributed by atoms with Crippen molar-refractivity contribution in [3.8, 4) is 0 Å². The number of carbonyl (C=O) groups is 10. The van der Waals surface area contributed by atoms with Crippen LogP contribution in [0.2, 0.25) is 0 Å². The predicted molar refractivity (Wildman–Crippen MR) is 299 cm³/mol. The van der Waals surface area contributed by atoms with E-state index in [9.17, 15) is 58.2 Å². The van der Waals surface area contributed by atoms with Gasteiger partial charge in [-0.3, -0.25) is 43.2 Å². The lowest BCUT2D eigenvalue weighted by Gasteiger charge is -2.38. The summed E-state index contributed by atoms with van der Waals surface area (Å²) in [5.41, 5.74) is 5.49. The molecule has 9 atom stereocenters. The lowest BCUT2D eigenvalue weighted by molar-refractivity contribution is -0.205. The van der Waals surface area contributed by atoms with Crippen LogP contribution in [0.5, 0.6) is 0 Å². The van der Waals surface area contributed by atoms with E-state index in [1.165, 1.54) is 33.8 Å². The van der Waals surface area contributed by atoms with Crippen LogP contribution in [0.3, 0.4) is 0 Å². The largest absolute Gasteiger partial charge is 0.462 e. The second-order valence-electron chi connectivity index (χ2n) is 23.2. The molecular formula is C58H99N7O16. The quantitative estimate of drug-likeness (QED) is 0.0153. The van der Waals surface area contributed by atoms with Crippen LogP contribution in [0, 0.1) is 23.7 Å². The SMILES string of the molecule is CCCCCC[C@@H](C)C(O)(O)C(=O)C(=O)N1CCCC[C@H]1C(=O)O[C@@H](CC(=O)NCCNC(=O)[C@H](CC(C)C)NC(=O)CNC(=O)CNC(=O)[C@H](C)N)[C@H](C)C[C@@H]1CC[C@@H](OC(=O)CCC(=O)OC2CCCCCCCC2)[C@H](OC)C1. The number of nitrogens with zero attached hydrogens (tertiary/aromatic N) is 1. The van der Waals surface area contributed by atoms with Crippen LogP contribution < -0.4 is 32.3 Å². The number of carbonyl (C=O) groups excluding carboxylic acids is 10. The van der Waals surface area contributed by atoms with Gasteiger partial charge < -0.3 is 66.4 Å². The summed E-state index contributed by atoms with van der Waals surface area (Å²) in [6, 6.07) is -3.06. The molecule has 23 nitrogen and oxygen atoms in total. The molecule has 2 aliphatic carbocycles. The Kier molecular flexibility index (Phi) is 32.0. The number of amides is 6. The Morgan fingerprint density at radius 3 is 1.95 bits per heavy atom. The molecule has 1 aliphatic heterocycles. The van der Waals surface area contributed by atoms with E-state index in [0.29, 0.717) is 51.4 Å². The van der Waals surface area contributed by atoms with Gasteiger partial charge in [0.25, 0.3) is 11.7 Å². The zero-order valence-electron chi connectivity index (χ0n) is 49.5. The van der Waals surface area contributed by atoms with E-state index < -0.39 is 126 Å². The van der Waals surface area contributed by atoms with Crippen molar-refractivity contribution in [2.45, 2.75) is 244 Å². The fraction of sp³-hybridized carbons (Fsp3) is 0.828. The monoisotopic (exact) mass is 1150 g/mol. The maximum Gasteiger partial charge on any atom is 0.329 e. The van der Waals surface area contributed by atoms with Crippen LogP contribution in [-0.4, -0.2) is 162 Å². The van der Waals surface area contributed by atoms with Gasteiger partial charge >= 0.3 is 17.9 Å². The first-order chi connectivity index (χ1) is 38.5. The van der Waals surface area contributed by atoms with Gasteiger partial charge in [0, 0.05) is 32.7 Å². The minimum atomic E-state index is -2.96. The number of piperidine rings is 1. The number of ketones is 1. The van der Waals surface area contributed by atoms with Gasteiger partial charge in [0.2, 0.25) is 35.3 Å². The van der Waals surface area contributed by atoms with Crippen molar-refractivity contribution < 1.29 is 77.1 Å². The molecular weight excluding hydrogens is 1050 g/mol. The van der Waals surface area contributed by atoms with E-state index in [0.717, 1.165) is 62.7 Å². The maximum atomic E-state index is 14.3. The lowest BCUT2D eigenvalue weighted by Crippen LogP contribution is -2.58. The maximum absolute atomic E-state index is 14.3. The summed E-state index contributed by atoms with van der Waals surface area (Å²) in [5.74, 6) is -11.8. The molecule has 3 fully saturated rings. The molecule has 2 saturated carbocycles. The fourth-order valence-electron chi connectivity index (χ4n) is 10.7. The number of hydrogen-bond acceptors (Lipinski definition) is 17. The second-order valence-corrected chi connectivity index (χ2v) is 23.2. The van der Waals surface area contributed by atoms with Crippen molar-refractivity contribution in [3.63, 3.8) is 0 Å². The number of nitrogens with two attached hydrogens (primary N) is 1. The van der Waals surface area contributed by atoms with E-state index in [-0.39, 0.29) is 69.7 Å². The molecule has 0 radical (unpaired) electrons. The standard InChI is InChI=1S/C58H99N7O16/c1-8-9-10-15-20-39(5)58(76,77)53(71)56(74)65-30-19-18-23-44(65)57(75)81-46(34-48(66)60-28-29-61-55(73)43(31-37(2)3)64-50(68)36-62-49(67)35-63-54(72)40(6)59)38(4)32-41-24-25-45(47(33-41)78-7)80-52(70)27-26-51(69)79-42-21-16-13-11-12-14-17-22-42/h37-47,76-77H,8-36,59H2,1-7H3,(H,60,66)(H,61,73)(H,62,67)(H,63,72)(H,64,68)/t38-,39-,40+,41+,43+,44+,45-,46+,47-/m1/s1. The Morgan fingerprint density at radius 1 is 0.679 bits per heavy atom. The molecule has 0 unspecified atom stereocenters. The molecule has 0 aromatic carbocycles. The van der Waals surface area contributed by atoms with E-state index in [2.05, 4.69) is 26.6 Å². The van der Waals surface area contributed by atoms with Crippen molar-refractivity contribution >= 4 is 59.1 Å². The van der Waals surface area contributed by atoms with Crippen LogP contribution in [-0.2, 0) is 66.9 Å². The zero-order valence-corrected chi connectivity index (χ0v) is 49.5. The van der Waals surface area contributed by atoms with Crippen LogP contribution in [0.15, 0.2) is 0 Å². The topological polar surface area (TPSA) is 337 Å². The van der Waals surface area contributed by atoms with Gasteiger partial charge in [0.15, 0.2) is 0 Å². The summed E-state index contributed by atoms with van der Waals surface area (Å²) in [6.45, 7) is 9.55. The van der Waals surface area contributed by atoms with Crippen LogP contribution >= 0.6 is 0 Å². The molecule has 462 valence electrons. The average molecular weight is 1150 g/mol. The lowest BCUT2D eigenvalue weighted by atomic mass is 9.78. The molecule has 3 rings (SSSR count). The molecule has 23 heteroatoms. The summed E-state index contributed by atoms with van der Waals surface area (Å²) >= 11 is 0. The van der Waals surface area contributed by atoms with Crippen LogP contribution in [0.25, 0.3) is 0 Å². The second kappa shape index (κ2) is 37.0. The summed E-state index contributed by atoms with van der Waals surface area (Å²) in [7, 11) is 1.52. The summed E-state index contributed by atoms with van der Waals surface area (Å²) in [5, 5.41) is 34.8. The normalized spacial score (nSPS) is 21.0. The number of nitrogens with one attached hydrogen (secondary N) is 5. The van der Waals surface area contributed by atoms with Crippen molar-refractivity contribution in [1.29, 1.82) is 0 Å². The Bertz CT molecular complexity index is 2030. The predicted octanol–water partition coefficient (Wildman–Crippen LogP) is 3.45. The number of likely N-dealkylation sites (tertiary alicyclic amines) is 1. The third kappa shape index (κ3) is 25.8. The van der Waals surface area contributed by atoms with Gasteiger partial charge in [0.1, 0.15) is 30.4 Å². The molecule has 0 bridgehead atoms. The number of unbranched alkanes of at least 4 members (excludes halogenated alkanes) is 3. The Morgan fingerprint density at radius 2 is 1.31 bits per heavy atom. The number of esters is 3. The van der Waals surface area contributed by atoms with Crippen molar-refractivity contribution in [1.82, 2.24) is 31.5 Å². The Hall–Kier alpha value is -5.26. The summed E-state index contributed by atoms with van der Waals surface area (Å²) < 4.78 is 23.6. The zero-order chi connectivity index (χ0) is 60.1. The van der Waals surface area contributed by atoms with E-state index in [4.69, 9.17) is 24.7 Å². The van der Waals surface area contributed by atoms with Gasteiger partial charge in [0.05, 0.1) is 44.5 Å². The number of ether oxygens (including phenoxy) is 4. The minimum Gasteiger partial charge on any atom is -0.462 e. The third-order valence-electron chi connectivity index (χ3n) is 15.7. The molecule has 1 saturated heterocycles. The summed E-state index contributed by atoms with van der Waals surface area (Å²) in [4.78, 5) is 132. The highest BCUT2D eigenvalue weighted by Gasteiger charge is 2.48. The first-order valence-electron chi connectivity index (χ1n) is 30.0. The number of Topliss-reactive ketones (excluding diaryl/α,β-unsaturated/α-hetero) is 1. The first kappa shape index (κ1) is 70.0. The van der Waals surface area contributed by atoms with E-state index in [1.54, 1.807) is 0 Å². The highest BCUT2D eigenvalue weighted by atomic mass is 16.6. The van der Waals surface area contributed by atoms with Crippen LogP contribution in [0.4, 0.5) is 0 Å². The number of hydrogen-bond donors (Lipinski definition) is 8. The number of rotatable bonds is 33. The smallest absolute Gasteiger partial charge is 0.329 e. The molecule has 9 N–H and O–H groups in total. The van der Waals surface area contributed by atoms with Crippen molar-refractivity contribution in [3.05, 3.63) is 0 Å². The molecule has 81 heavy (non-hydrogen) atoms. The molecule has 0 aromatic rings. The average Bonchev–Trinajstić information content (AvgIpc) is 3.63. The van der Waals surface area contributed by atoms with E-state index >= 15 is 0 Å². The molecule has 6 amide bonds. The Balaban J connectivity index is 1.69. The Labute approximate surface area is 479 Å². The van der Waals surface area contributed by atoms with Crippen molar-refractivity contribution in [2.75, 3.05) is 39.8 Å². The summed E-state index contributed by atoms with van der Waals surface area (Å²) in [6.07, 6.45) is 12.4. The van der Waals surface area contributed by atoms with Gasteiger partial charge in [-0.25, -0.2) is 4.79 Å². The number of aliphatic hydroxyl groups is 2. The highest BCUT2D eigenvalue weighted by Crippen LogP contribution is 2.35. The van der Waals surface area contributed by atoms with Gasteiger partial charge in [-0.2, -0.15) is 0 Å². The molecule has 0 aromatic heterocycles. The third-order valence-corrected chi connectivity index (χ3v) is 15.7. The first-order valence-corrected chi connectivity index (χ1v) is 30.0. The highest BCUT2D eigenvalue weighted by molar-refractivity contribution is 6.39. The minimum absolute atomic E-state index is 0.0112. The van der Waals surface area contributed by atoms with Gasteiger partial charge in [-0.15, -0.1) is 0 Å². The fourth-order valence-corrected chi connectivity index (χ4v) is 10.7. The van der Waals surface area contributed by atoms with E-state index in [1.807, 2.05) is 27.7 Å². The van der Waals surface area contributed by atoms with Crippen molar-refractivity contribution in [2.24, 2.45) is 29.4 Å². The molecule has 0 spiro atoms. The van der Waals surface area contributed by atoms with Gasteiger partial charge in [-0.1, -0.05) is 86.0 Å². The molecule has 1 heterocycles. The van der Waals surface area contributed by atoms with Gasteiger partial charge in [-0.05, 0) is 108 Å². The molecule has 3 aliphatic rings.